The van der Waals surface area contributed by atoms with Crippen molar-refractivity contribution in [2.75, 3.05) is 26.0 Å². The molecule has 0 unspecified atom stereocenters. The second kappa shape index (κ2) is 6.53. The average Bonchev–Trinajstić information content (AvgIpc) is 2.89. The van der Waals surface area contributed by atoms with Crippen molar-refractivity contribution in [1.82, 2.24) is 9.62 Å². The monoisotopic (exact) mass is 342 g/mol. The predicted octanol–water partition coefficient (Wildman–Crippen LogP) is 1.19. The molecule has 2 saturated heterocycles. The highest BCUT2D eigenvalue weighted by Gasteiger charge is 2.45. The van der Waals surface area contributed by atoms with Gasteiger partial charge in [-0.15, -0.1) is 0 Å². The van der Waals surface area contributed by atoms with Gasteiger partial charge in [-0.2, -0.15) is 0 Å². The summed E-state index contributed by atoms with van der Waals surface area (Å²) in [5.41, 5.74) is 0.556. The number of likely N-dealkylation sites (tertiary alicyclic amines) is 1. The maximum atomic E-state index is 12.6. The van der Waals surface area contributed by atoms with Gasteiger partial charge in [0, 0.05) is 24.8 Å². The van der Waals surface area contributed by atoms with Crippen molar-refractivity contribution >= 4 is 15.9 Å². The predicted molar refractivity (Wildman–Crippen MR) is 87.4 cm³/mol. The lowest BCUT2D eigenvalue weighted by atomic mass is 9.90. The number of rotatable bonds is 3. The van der Waals surface area contributed by atoms with Gasteiger partial charge in [-0.05, 0) is 44.9 Å². The van der Waals surface area contributed by atoms with Crippen LogP contribution in [0, 0.1) is 0 Å². The zero-order valence-electron chi connectivity index (χ0n) is 13.7. The van der Waals surface area contributed by atoms with Crippen molar-refractivity contribution in [3.8, 4) is 0 Å². The van der Waals surface area contributed by atoms with E-state index >= 15 is 0 Å². The van der Waals surface area contributed by atoms with Crippen LogP contribution in [0.2, 0.25) is 0 Å². The first-order valence-electron chi connectivity index (χ1n) is 8.47. The molecule has 6 nitrogen and oxygen atoms in total. The van der Waals surface area contributed by atoms with E-state index in [1.807, 2.05) is 4.90 Å². The number of sulfonamides is 1. The summed E-state index contributed by atoms with van der Waals surface area (Å²) in [5.74, 6) is 0.142. The fourth-order valence-electron chi connectivity index (χ4n) is 3.97. The summed E-state index contributed by atoms with van der Waals surface area (Å²) < 4.78 is 31.6. The van der Waals surface area contributed by atoms with Gasteiger partial charge in [0.25, 0.3) is 0 Å². The fourth-order valence-corrected chi connectivity index (χ4v) is 4.78. The van der Waals surface area contributed by atoms with E-state index in [9.17, 15) is 13.2 Å². The lowest BCUT2D eigenvalue weighted by Crippen LogP contribution is -2.50. The van der Waals surface area contributed by atoms with Crippen molar-refractivity contribution in [3.05, 3.63) is 11.6 Å². The Labute approximate surface area is 138 Å². The number of amides is 1. The molecule has 2 heterocycles. The molecule has 0 bridgehead atoms. The minimum atomic E-state index is -3.21. The molecule has 0 radical (unpaired) electrons. The van der Waals surface area contributed by atoms with Gasteiger partial charge in [0.2, 0.25) is 15.9 Å². The zero-order chi connectivity index (χ0) is 16.5. The van der Waals surface area contributed by atoms with E-state index < -0.39 is 10.0 Å². The highest BCUT2D eigenvalue weighted by molar-refractivity contribution is 7.88. The number of carbonyl (C=O) groups is 1. The number of nitrogens with one attached hydrogen (secondary N) is 1. The quantitative estimate of drug-likeness (QED) is 0.836. The number of nitrogens with zero attached hydrogens (tertiary/aromatic N) is 1. The van der Waals surface area contributed by atoms with Gasteiger partial charge in [0.15, 0.2) is 0 Å². The molecule has 2 fully saturated rings. The molecule has 1 N–H and O–H groups in total. The first-order chi connectivity index (χ1) is 10.9. The van der Waals surface area contributed by atoms with Crippen molar-refractivity contribution in [1.29, 1.82) is 0 Å². The van der Waals surface area contributed by atoms with Gasteiger partial charge < -0.3 is 9.64 Å². The Hall–Kier alpha value is -0.920. The van der Waals surface area contributed by atoms with Crippen LogP contribution in [0.5, 0.6) is 0 Å². The van der Waals surface area contributed by atoms with E-state index in [4.69, 9.17) is 4.74 Å². The van der Waals surface area contributed by atoms with Crippen LogP contribution in [0.1, 0.15) is 44.9 Å². The molecule has 1 aliphatic carbocycles. The lowest BCUT2D eigenvalue weighted by Gasteiger charge is -2.38. The minimum Gasteiger partial charge on any atom is -0.373 e. The van der Waals surface area contributed by atoms with Crippen LogP contribution in [0.25, 0.3) is 0 Å². The molecular weight excluding hydrogens is 316 g/mol. The summed E-state index contributed by atoms with van der Waals surface area (Å²) in [6.45, 7) is 1.81. The number of hydrogen-bond acceptors (Lipinski definition) is 4. The second-order valence-electron chi connectivity index (χ2n) is 7.06. The van der Waals surface area contributed by atoms with Crippen molar-refractivity contribution in [2.45, 2.75) is 56.6 Å². The third-order valence-corrected chi connectivity index (χ3v) is 5.80. The van der Waals surface area contributed by atoms with E-state index in [0.717, 1.165) is 31.3 Å². The summed E-state index contributed by atoms with van der Waals surface area (Å²) in [4.78, 5) is 14.5. The van der Waals surface area contributed by atoms with Crippen molar-refractivity contribution in [2.24, 2.45) is 0 Å². The number of carbonyl (C=O) groups excluding carboxylic acids is 1. The van der Waals surface area contributed by atoms with Gasteiger partial charge in [0.05, 0.1) is 18.4 Å². The SMILES string of the molecule is CS(=O)(=O)N[C@H]1CCO[C@@]2(CCN(C(=O)C3=CCCCC3)C2)C1. The molecule has 1 spiro atoms. The highest BCUT2D eigenvalue weighted by Crippen LogP contribution is 2.35. The van der Waals surface area contributed by atoms with Crippen molar-refractivity contribution in [3.63, 3.8) is 0 Å². The van der Waals surface area contributed by atoms with Gasteiger partial charge in [-0.1, -0.05) is 6.08 Å². The Morgan fingerprint density at radius 1 is 1.43 bits per heavy atom. The Bertz CT molecular complexity index is 601. The Kier molecular flexibility index (Phi) is 4.80. The molecule has 0 aromatic rings. The van der Waals surface area contributed by atoms with Crippen LogP contribution < -0.4 is 4.72 Å². The normalized spacial score (nSPS) is 32.1. The van der Waals surface area contributed by atoms with Crippen LogP contribution in [0.3, 0.4) is 0 Å². The molecule has 0 saturated carbocycles. The molecule has 2 atom stereocenters. The Morgan fingerprint density at radius 3 is 2.96 bits per heavy atom. The highest BCUT2D eigenvalue weighted by atomic mass is 32.2. The minimum absolute atomic E-state index is 0.0947. The summed E-state index contributed by atoms with van der Waals surface area (Å²) in [7, 11) is -3.21. The van der Waals surface area contributed by atoms with E-state index in [1.54, 1.807) is 0 Å². The fraction of sp³-hybridized carbons (Fsp3) is 0.812. The van der Waals surface area contributed by atoms with Gasteiger partial charge in [-0.25, -0.2) is 13.1 Å². The summed E-state index contributed by atoms with van der Waals surface area (Å²) in [6, 6.07) is -0.0947. The van der Waals surface area contributed by atoms with Gasteiger partial charge >= 0.3 is 0 Å². The lowest BCUT2D eigenvalue weighted by molar-refractivity contribution is -0.129. The van der Waals surface area contributed by atoms with Crippen LogP contribution in [-0.2, 0) is 19.6 Å². The zero-order valence-corrected chi connectivity index (χ0v) is 14.5. The van der Waals surface area contributed by atoms with Gasteiger partial charge in [0.1, 0.15) is 0 Å². The molecule has 7 heteroatoms. The largest absolute Gasteiger partial charge is 0.373 e. The van der Waals surface area contributed by atoms with Crippen LogP contribution in [0.15, 0.2) is 11.6 Å². The van der Waals surface area contributed by atoms with Crippen LogP contribution in [0.4, 0.5) is 0 Å². The molecular formula is C16H26N2O4S. The molecule has 0 aromatic heterocycles. The van der Waals surface area contributed by atoms with E-state index in [0.29, 0.717) is 32.5 Å². The number of allylic oxidation sites excluding steroid dienone is 1. The first-order valence-corrected chi connectivity index (χ1v) is 10.4. The molecule has 2 aliphatic heterocycles. The van der Waals surface area contributed by atoms with Crippen LogP contribution >= 0.6 is 0 Å². The molecule has 0 aromatic carbocycles. The van der Waals surface area contributed by atoms with E-state index in [2.05, 4.69) is 10.8 Å². The topological polar surface area (TPSA) is 75.7 Å². The van der Waals surface area contributed by atoms with Gasteiger partial charge in [-0.3, -0.25) is 4.79 Å². The third kappa shape index (κ3) is 4.14. The maximum absolute atomic E-state index is 12.6. The molecule has 3 aliphatic rings. The molecule has 1 amide bonds. The van der Waals surface area contributed by atoms with E-state index in [-0.39, 0.29) is 17.6 Å². The first kappa shape index (κ1) is 16.9. The Morgan fingerprint density at radius 2 is 2.26 bits per heavy atom. The van der Waals surface area contributed by atoms with Crippen LogP contribution in [-0.4, -0.2) is 56.8 Å². The van der Waals surface area contributed by atoms with Crippen molar-refractivity contribution < 1.29 is 17.9 Å². The third-order valence-electron chi connectivity index (χ3n) is 5.04. The molecule has 23 heavy (non-hydrogen) atoms. The maximum Gasteiger partial charge on any atom is 0.249 e. The molecule has 3 rings (SSSR count). The Balaban J connectivity index is 1.63. The number of ether oxygens (including phenoxy) is 1. The molecule has 130 valence electrons. The second-order valence-corrected chi connectivity index (χ2v) is 8.84. The average molecular weight is 342 g/mol. The summed E-state index contributed by atoms with van der Waals surface area (Å²) in [6.07, 6.45) is 9.51. The summed E-state index contributed by atoms with van der Waals surface area (Å²) >= 11 is 0. The standard InChI is InChI=1S/C16H26N2O4S/c1-23(20,21)17-14-7-10-22-16(11-14)8-9-18(12-16)15(19)13-5-3-2-4-6-13/h5,14,17H,2-4,6-12H2,1H3/t14-,16-/m0/s1. The van der Waals surface area contributed by atoms with E-state index in [1.165, 1.54) is 12.7 Å². The smallest absolute Gasteiger partial charge is 0.249 e. The number of hydrogen-bond donors (Lipinski definition) is 1. The summed E-state index contributed by atoms with van der Waals surface area (Å²) in [5, 5.41) is 0.